The van der Waals surface area contributed by atoms with Crippen LogP contribution in [-0.4, -0.2) is 23.3 Å². The van der Waals surface area contributed by atoms with Gasteiger partial charge >= 0.3 is 0 Å². The summed E-state index contributed by atoms with van der Waals surface area (Å²) < 4.78 is 0. The first-order valence-electron chi connectivity index (χ1n) is 6.82. The summed E-state index contributed by atoms with van der Waals surface area (Å²) in [5.74, 6) is -0.471. The Labute approximate surface area is 119 Å². The van der Waals surface area contributed by atoms with E-state index in [0.29, 0.717) is 25.9 Å². The largest absolute Gasteiger partial charge is 0.368 e. The quantitative estimate of drug-likeness (QED) is 0.696. The maximum absolute atomic E-state index is 11.5. The highest BCUT2D eigenvalue weighted by Gasteiger charge is 2.22. The van der Waals surface area contributed by atoms with Gasteiger partial charge in [0.25, 0.3) is 0 Å². The molecule has 0 saturated heterocycles. The molecule has 1 atom stereocenters. The van der Waals surface area contributed by atoms with Gasteiger partial charge in [-0.1, -0.05) is 31.5 Å². The van der Waals surface area contributed by atoms with Crippen molar-refractivity contribution in [3.05, 3.63) is 34.9 Å². The van der Waals surface area contributed by atoms with Gasteiger partial charge in [-0.2, -0.15) is 0 Å². The fourth-order valence-electron chi connectivity index (χ4n) is 2.33. The Balaban J connectivity index is 3.04. The average molecular weight is 277 g/mol. The van der Waals surface area contributed by atoms with E-state index in [2.05, 4.69) is 0 Å². The van der Waals surface area contributed by atoms with Crippen LogP contribution in [0.25, 0.3) is 0 Å². The minimum Gasteiger partial charge on any atom is -0.368 e. The summed E-state index contributed by atoms with van der Waals surface area (Å²) in [6, 6.07) is 5.27. The normalized spacial score (nSPS) is 11.9. The van der Waals surface area contributed by atoms with Gasteiger partial charge in [-0.05, 0) is 30.0 Å². The molecule has 1 unspecified atom stereocenters. The molecule has 1 rings (SSSR count). The summed E-state index contributed by atoms with van der Waals surface area (Å²) in [6.07, 6.45) is 2.05. The van der Waals surface area contributed by atoms with Crippen molar-refractivity contribution in [2.24, 2.45) is 11.5 Å². The molecular formula is C15H23N3O2. The minimum absolute atomic E-state index is 0.357. The summed E-state index contributed by atoms with van der Waals surface area (Å²) >= 11 is 0. The lowest BCUT2D eigenvalue weighted by Gasteiger charge is -2.27. The Morgan fingerprint density at radius 2 is 2.15 bits per heavy atom. The molecule has 0 saturated carbocycles. The predicted molar refractivity (Wildman–Crippen MR) is 78.6 cm³/mol. The van der Waals surface area contributed by atoms with Crippen LogP contribution in [0, 0.1) is 6.92 Å². The first-order valence-corrected chi connectivity index (χ1v) is 6.82. The topological polar surface area (TPSA) is 89.4 Å². The van der Waals surface area contributed by atoms with Crippen LogP contribution in [0.3, 0.4) is 0 Å². The van der Waals surface area contributed by atoms with Crippen molar-refractivity contribution in [3.8, 4) is 0 Å². The van der Waals surface area contributed by atoms with E-state index in [4.69, 9.17) is 11.5 Å². The molecule has 0 aliphatic heterocycles. The van der Waals surface area contributed by atoms with E-state index in [1.807, 2.05) is 32.0 Å². The van der Waals surface area contributed by atoms with Crippen LogP contribution in [0.1, 0.15) is 36.5 Å². The van der Waals surface area contributed by atoms with Crippen LogP contribution in [0.4, 0.5) is 0 Å². The number of hydrogen-bond acceptors (Lipinski definition) is 3. The van der Waals surface area contributed by atoms with Gasteiger partial charge in [0.05, 0.1) is 0 Å². The molecule has 5 heteroatoms. The maximum Gasteiger partial charge on any atom is 0.240 e. The van der Waals surface area contributed by atoms with Crippen molar-refractivity contribution in [1.29, 1.82) is 0 Å². The highest BCUT2D eigenvalue weighted by molar-refractivity contribution is 5.81. The second kappa shape index (κ2) is 7.65. The van der Waals surface area contributed by atoms with Gasteiger partial charge < -0.3 is 16.4 Å². The van der Waals surface area contributed by atoms with Crippen molar-refractivity contribution in [2.75, 3.05) is 0 Å². The lowest BCUT2D eigenvalue weighted by Crippen LogP contribution is -2.43. The predicted octanol–water partition coefficient (Wildman–Crippen LogP) is 1.07. The Hall–Kier alpha value is -1.88. The molecule has 0 aliphatic carbocycles. The van der Waals surface area contributed by atoms with Gasteiger partial charge in [0.1, 0.15) is 6.04 Å². The number of rotatable bonds is 8. The van der Waals surface area contributed by atoms with E-state index in [9.17, 15) is 9.59 Å². The van der Waals surface area contributed by atoms with Crippen molar-refractivity contribution < 1.29 is 9.59 Å². The zero-order chi connectivity index (χ0) is 15.1. The molecule has 5 nitrogen and oxygen atoms in total. The average Bonchev–Trinajstić information content (AvgIpc) is 2.43. The Kier molecular flexibility index (Phi) is 6.18. The van der Waals surface area contributed by atoms with E-state index in [1.54, 1.807) is 0 Å². The van der Waals surface area contributed by atoms with E-state index < -0.39 is 11.9 Å². The number of aryl methyl sites for hydroxylation is 1. The van der Waals surface area contributed by atoms with Gasteiger partial charge in [-0.25, -0.2) is 0 Å². The number of hydrogen-bond donors (Lipinski definition) is 2. The summed E-state index contributed by atoms with van der Waals surface area (Å²) in [5, 5.41) is 0. The fraction of sp³-hybridized carbons (Fsp3) is 0.467. The third-order valence-electron chi connectivity index (χ3n) is 3.49. The lowest BCUT2D eigenvalue weighted by molar-refractivity contribution is -0.131. The van der Waals surface area contributed by atoms with Crippen molar-refractivity contribution >= 4 is 12.3 Å². The van der Waals surface area contributed by atoms with Gasteiger partial charge in [-0.3, -0.25) is 9.59 Å². The van der Waals surface area contributed by atoms with Crippen LogP contribution in [0.15, 0.2) is 18.2 Å². The zero-order valence-electron chi connectivity index (χ0n) is 12.1. The number of benzene rings is 1. The number of carbonyl (C=O) groups excluding carboxylic acids is 2. The Bertz CT molecular complexity index is 474. The van der Waals surface area contributed by atoms with Gasteiger partial charge in [0.2, 0.25) is 12.3 Å². The first-order chi connectivity index (χ1) is 9.54. The molecule has 0 heterocycles. The van der Waals surface area contributed by atoms with Crippen LogP contribution < -0.4 is 11.5 Å². The molecule has 4 N–H and O–H groups in total. The molecular weight excluding hydrogens is 254 g/mol. The third kappa shape index (κ3) is 3.81. The van der Waals surface area contributed by atoms with E-state index in [0.717, 1.165) is 23.1 Å². The molecule has 2 amide bonds. The number of nitrogens with two attached hydrogens (primary N) is 2. The molecule has 1 aromatic rings. The highest BCUT2D eigenvalue weighted by atomic mass is 16.2. The number of amides is 2. The zero-order valence-corrected chi connectivity index (χ0v) is 12.1. The molecule has 0 bridgehead atoms. The lowest BCUT2D eigenvalue weighted by atomic mass is 10.00. The molecule has 20 heavy (non-hydrogen) atoms. The van der Waals surface area contributed by atoms with Crippen molar-refractivity contribution in [1.82, 2.24) is 4.90 Å². The second-order valence-electron chi connectivity index (χ2n) is 4.90. The molecule has 0 spiro atoms. The van der Waals surface area contributed by atoms with Crippen LogP contribution in [0.5, 0.6) is 0 Å². The van der Waals surface area contributed by atoms with E-state index >= 15 is 0 Å². The van der Waals surface area contributed by atoms with E-state index in [-0.39, 0.29) is 0 Å². The minimum atomic E-state index is -0.567. The van der Waals surface area contributed by atoms with E-state index in [1.165, 1.54) is 4.90 Å². The molecule has 0 fully saturated rings. The van der Waals surface area contributed by atoms with Gasteiger partial charge in [0.15, 0.2) is 0 Å². The van der Waals surface area contributed by atoms with Gasteiger partial charge in [-0.15, -0.1) is 0 Å². The summed E-state index contributed by atoms with van der Waals surface area (Å²) in [4.78, 5) is 24.3. The first kappa shape index (κ1) is 16.2. The summed E-state index contributed by atoms with van der Waals surface area (Å²) in [7, 11) is 0. The third-order valence-corrected chi connectivity index (χ3v) is 3.49. The van der Waals surface area contributed by atoms with Crippen LogP contribution >= 0.6 is 0 Å². The van der Waals surface area contributed by atoms with Gasteiger partial charge in [0, 0.05) is 13.1 Å². The van der Waals surface area contributed by atoms with Crippen LogP contribution in [0.2, 0.25) is 0 Å². The van der Waals surface area contributed by atoms with Crippen LogP contribution in [-0.2, 0) is 22.7 Å². The monoisotopic (exact) mass is 277 g/mol. The molecule has 110 valence electrons. The second-order valence-corrected chi connectivity index (χ2v) is 4.90. The number of nitrogens with zero attached hydrogens (tertiary/aromatic N) is 1. The molecule has 0 aromatic heterocycles. The van der Waals surface area contributed by atoms with Crippen molar-refractivity contribution in [2.45, 2.75) is 45.8 Å². The SMILES string of the molecule is CCCC(C(N)=O)N(C=O)Cc1c(C)cccc1CN. The standard InChI is InChI=1S/C15H23N3O2/c1-3-5-14(15(17)20)18(10-19)9-13-11(2)6-4-7-12(13)8-16/h4,6-7,10,14H,3,5,8-9,16H2,1-2H3,(H2,17,20). The molecule has 0 aliphatic rings. The van der Waals surface area contributed by atoms with Crippen molar-refractivity contribution in [3.63, 3.8) is 0 Å². The Morgan fingerprint density at radius 1 is 1.45 bits per heavy atom. The fourth-order valence-corrected chi connectivity index (χ4v) is 2.33. The number of carbonyl (C=O) groups is 2. The summed E-state index contributed by atoms with van der Waals surface area (Å²) in [6.45, 7) is 4.68. The summed E-state index contributed by atoms with van der Waals surface area (Å²) in [5.41, 5.74) is 14.2. The highest BCUT2D eigenvalue weighted by Crippen LogP contribution is 2.18. The molecule has 1 aromatic carbocycles. The maximum atomic E-state index is 11.5. The molecule has 0 radical (unpaired) electrons. The smallest absolute Gasteiger partial charge is 0.240 e. The number of primary amides is 1. The Morgan fingerprint density at radius 3 is 2.65 bits per heavy atom.